The molecule has 0 aliphatic heterocycles. The minimum atomic E-state index is -4.38. The Morgan fingerprint density at radius 2 is 2.10 bits per heavy atom. The molecule has 2 aromatic heterocycles. The van der Waals surface area contributed by atoms with E-state index in [1.165, 1.54) is 17.4 Å². The van der Waals surface area contributed by atoms with Gasteiger partial charge in [-0.25, -0.2) is 9.97 Å². The fourth-order valence-corrected chi connectivity index (χ4v) is 2.75. The molecule has 0 aliphatic carbocycles. The zero-order valence-electron chi connectivity index (χ0n) is 10.8. The number of benzene rings is 1. The number of anilines is 1. The summed E-state index contributed by atoms with van der Waals surface area (Å²) in [5, 5.41) is 2.82. The molecule has 3 rings (SSSR count). The monoisotopic (exact) mass is 312 g/mol. The molecular formula is C13H11F3N4S. The molecule has 2 heterocycles. The molecule has 0 bridgehead atoms. The Balaban J connectivity index is 1.94. The first-order valence-electron chi connectivity index (χ1n) is 6.16. The topological polar surface area (TPSA) is 56.7 Å². The van der Waals surface area contributed by atoms with Crippen molar-refractivity contribution in [2.45, 2.75) is 19.1 Å². The number of aryl methyl sites for hydroxylation is 2. The summed E-state index contributed by atoms with van der Waals surface area (Å²) in [6, 6.07) is 3.47. The van der Waals surface area contributed by atoms with Gasteiger partial charge in [0.15, 0.2) is 0 Å². The van der Waals surface area contributed by atoms with Crippen LogP contribution >= 0.6 is 11.3 Å². The number of aromatic nitrogens is 3. The third-order valence-electron chi connectivity index (χ3n) is 3.14. The molecule has 0 amide bonds. The second-order valence-corrected chi connectivity index (χ2v) is 5.48. The molecule has 0 aliphatic rings. The van der Waals surface area contributed by atoms with Gasteiger partial charge in [0.25, 0.3) is 0 Å². The number of rotatable bonds is 3. The number of hydrogen-bond acceptors (Lipinski definition) is 4. The number of hydrogen-bond donors (Lipinski definition) is 1. The summed E-state index contributed by atoms with van der Waals surface area (Å²) in [5.74, 6) is 0.209. The lowest BCUT2D eigenvalue weighted by Crippen LogP contribution is -2.06. The molecular weight excluding hydrogens is 301 g/mol. The van der Waals surface area contributed by atoms with Crippen molar-refractivity contribution in [3.8, 4) is 0 Å². The first-order valence-corrected chi connectivity index (χ1v) is 7.04. The number of nitrogen functional groups attached to an aromatic ring is 1. The van der Waals surface area contributed by atoms with Crippen LogP contribution < -0.4 is 5.73 Å². The first kappa shape index (κ1) is 13.9. The highest BCUT2D eigenvalue weighted by molar-refractivity contribution is 7.09. The van der Waals surface area contributed by atoms with Gasteiger partial charge in [-0.15, -0.1) is 11.3 Å². The van der Waals surface area contributed by atoms with Gasteiger partial charge < -0.3 is 10.3 Å². The normalized spacial score (nSPS) is 12.1. The van der Waals surface area contributed by atoms with E-state index in [1.807, 2.05) is 5.38 Å². The molecule has 0 saturated heterocycles. The van der Waals surface area contributed by atoms with Crippen LogP contribution in [0.1, 0.15) is 10.6 Å². The zero-order chi connectivity index (χ0) is 15.0. The Labute approximate surface area is 122 Å². The van der Waals surface area contributed by atoms with Gasteiger partial charge >= 0.3 is 6.18 Å². The van der Waals surface area contributed by atoms with Crippen molar-refractivity contribution in [1.82, 2.24) is 14.5 Å². The molecule has 3 aromatic rings. The van der Waals surface area contributed by atoms with Crippen molar-refractivity contribution < 1.29 is 13.2 Å². The Morgan fingerprint density at radius 3 is 2.76 bits per heavy atom. The molecule has 21 heavy (non-hydrogen) atoms. The molecule has 2 N–H and O–H groups in total. The number of halogens is 3. The summed E-state index contributed by atoms with van der Waals surface area (Å²) >= 11 is 1.53. The molecule has 0 fully saturated rings. The van der Waals surface area contributed by atoms with Crippen LogP contribution in [-0.2, 0) is 19.1 Å². The summed E-state index contributed by atoms with van der Waals surface area (Å²) in [6.07, 6.45) is -2.01. The van der Waals surface area contributed by atoms with Gasteiger partial charge in [-0.3, -0.25) is 0 Å². The standard InChI is InChI=1S/C13H11F3N4S/c14-13(15,16)8-1-2-10-9(7-8)19-12(17)20(10)5-3-11-18-4-6-21-11/h1-2,4,6-7H,3,5H2,(H2,17,19). The number of nitrogens with two attached hydrogens (primary N) is 1. The highest BCUT2D eigenvalue weighted by Crippen LogP contribution is 2.31. The van der Waals surface area contributed by atoms with E-state index < -0.39 is 11.7 Å². The third kappa shape index (κ3) is 2.71. The van der Waals surface area contributed by atoms with Crippen molar-refractivity contribution in [2.24, 2.45) is 0 Å². The molecule has 8 heteroatoms. The van der Waals surface area contributed by atoms with Crippen molar-refractivity contribution in [1.29, 1.82) is 0 Å². The Morgan fingerprint density at radius 1 is 1.29 bits per heavy atom. The van der Waals surface area contributed by atoms with E-state index in [-0.39, 0.29) is 11.5 Å². The van der Waals surface area contributed by atoms with E-state index in [0.717, 1.165) is 17.1 Å². The minimum absolute atomic E-state index is 0.209. The average molecular weight is 312 g/mol. The lowest BCUT2D eigenvalue weighted by Gasteiger charge is -2.07. The van der Waals surface area contributed by atoms with Crippen molar-refractivity contribution in [3.63, 3.8) is 0 Å². The largest absolute Gasteiger partial charge is 0.416 e. The Hall–Kier alpha value is -2.09. The Kier molecular flexibility index (Phi) is 3.32. The van der Waals surface area contributed by atoms with Crippen LogP contribution in [0, 0.1) is 0 Å². The second-order valence-electron chi connectivity index (χ2n) is 4.50. The lowest BCUT2D eigenvalue weighted by molar-refractivity contribution is -0.137. The molecule has 1 aromatic carbocycles. The fourth-order valence-electron chi connectivity index (χ4n) is 2.14. The first-order chi connectivity index (χ1) is 9.95. The maximum atomic E-state index is 12.7. The summed E-state index contributed by atoms with van der Waals surface area (Å²) in [4.78, 5) is 8.18. The van der Waals surface area contributed by atoms with Crippen LogP contribution in [0.4, 0.5) is 19.1 Å². The minimum Gasteiger partial charge on any atom is -0.369 e. The zero-order valence-corrected chi connectivity index (χ0v) is 11.6. The highest BCUT2D eigenvalue weighted by Gasteiger charge is 2.31. The van der Waals surface area contributed by atoms with E-state index in [2.05, 4.69) is 9.97 Å². The van der Waals surface area contributed by atoms with Crippen molar-refractivity contribution in [3.05, 3.63) is 40.3 Å². The Bertz CT molecular complexity index is 762. The van der Waals surface area contributed by atoms with Crippen LogP contribution in [0.3, 0.4) is 0 Å². The third-order valence-corrected chi connectivity index (χ3v) is 3.98. The predicted molar refractivity (Wildman–Crippen MR) is 75.0 cm³/mol. The smallest absolute Gasteiger partial charge is 0.369 e. The van der Waals surface area contributed by atoms with Gasteiger partial charge in [0.2, 0.25) is 5.95 Å². The summed E-state index contributed by atoms with van der Waals surface area (Å²) in [7, 11) is 0. The van der Waals surface area contributed by atoms with Gasteiger partial charge in [0.05, 0.1) is 21.6 Å². The SMILES string of the molecule is Nc1nc2cc(C(F)(F)F)ccc2n1CCc1nccs1. The molecule has 4 nitrogen and oxygen atoms in total. The molecule has 0 spiro atoms. The van der Waals surface area contributed by atoms with E-state index in [4.69, 9.17) is 5.73 Å². The lowest BCUT2D eigenvalue weighted by atomic mass is 10.2. The van der Waals surface area contributed by atoms with Gasteiger partial charge in [0.1, 0.15) is 0 Å². The summed E-state index contributed by atoms with van der Waals surface area (Å²) < 4.78 is 39.8. The molecule has 0 unspecified atom stereocenters. The number of imidazole rings is 1. The van der Waals surface area contributed by atoms with Crippen LogP contribution in [0.25, 0.3) is 11.0 Å². The maximum Gasteiger partial charge on any atom is 0.416 e. The highest BCUT2D eigenvalue weighted by atomic mass is 32.1. The van der Waals surface area contributed by atoms with Crippen LogP contribution in [0.15, 0.2) is 29.8 Å². The van der Waals surface area contributed by atoms with Crippen molar-refractivity contribution in [2.75, 3.05) is 5.73 Å². The van der Waals surface area contributed by atoms with Crippen LogP contribution in [0.2, 0.25) is 0 Å². The molecule has 110 valence electrons. The van der Waals surface area contributed by atoms with E-state index in [1.54, 1.807) is 10.8 Å². The number of alkyl halides is 3. The number of fused-ring (bicyclic) bond motifs is 1. The second kappa shape index (κ2) is 5.03. The maximum absolute atomic E-state index is 12.7. The van der Waals surface area contributed by atoms with Gasteiger partial charge in [-0.1, -0.05) is 0 Å². The van der Waals surface area contributed by atoms with E-state index in [9.17, 15) is 13.2 Å². The van der Waals surface area contributed by atoms with Gasteiger partial charge in [-0.05, 0) is 18.2 Å². The molecule has 0 atom stereocenters. The van der Waals surface area contributed by atoms with Gasteiger partial charge in [-0.2, -0.15) is 13.2 Å². The van der Waals surface area contributed by atoms with Crippen LogP contribution in [-0.4, -0.2) is 14.5 Å². The molecule has 0 saturated carbocycles. The fraction of sp³-hybridized carbons (Fsp3) is 0.231. The van der Waals surface area contributed by atoms with Crippen LogP contribution in [0.5, 0.6) is 0 Å². The number of nitrogens with zero attached hydrogens (tertiary/aromatic N) is 3. The summed E-state index contributed by atoms with van der Waals surface area (Å²) in [6.45, 7) is 0.529. The quantitative estimate of drug-likeness (QED) is 0.807. The van der Waals surface area contributed by atoms with Gasteiger partial charge in [0, 0.05) is 24.5 Å². The predicted octanol–water partition coefficient (Wildman–Crippen LogP) is 3.34. The average Bonchev–Trinajstić information content (AvgIpc) is 3.01. The van der Waals surface area contributed by atoms with E-state index in [0.29, 0.717) is 18.5 Å². The van der Waals surface area contributed by atoms with Crippen molar-refractivity contribution >= 4 is 28.3 Å². The number of thiazole rings is 1. The summed E-state index contributed by atoms with van der Waals surface area (Å²) in [5.41, 5.74) is 5.93. The molecule has 0 radical (unpaired) electrons. The van der Waals surface area contributed by atoms with E-state index >= 15 is 0 Å².